The zero-order valence-corrected chi connectivity index (χ0v) is 22.9. The van der Waals surface area contributed by atoms with Crippen LogP contribution in [0.2, 0.25) is 0 Å². The first-order chi connectivity index (χ1) is 18.7. The minimum atomic E-state index is -3.36. The molecule has 2 aromatic carbocycles. The van der Waals surface area contributed by atoms with Gasteiger partial charge >= 0.3 is 5.97 Å². The average Bonchev–Trinajstić information content (AvgIpc) is 3.67. The van der Waals surface area contributed by atoms with E-state index < -0.39 is 21.4 Å². The topological polar surface area (TPSA) is 101 Å². The summed E-state index contributed by atoms with van der Waals surface area (Å²) < 4.78 is 31.9. The lowest BCUT2D eigenvalue weighted by molar-refractivity contribution is -0.140. The number of carbonyl (C=O) groups is 1. The van der Waals surface area contributed by atoms with Crippen molar-refractivity contribution in [2.45, 2.75) is 31.6 Å². The van der Waals surface area contributed by atoms with Gasteiger partial charge in [0.25, 0.3) is 0 Å². The summed E-state index contributed by atoms with van der Waals surface area (Å²) in [5.41, 5.74) is 4.55. The summed E-state index contributed by atoms with van der Waals surface area (Å²) in [6, 6.07) is 15.7. The zero-order valence-electron chi connectivity index (χ0n) is 22.1. The summed E-state index contributed by atoms with van der Waals surface area (Å²) in [5, 5.41) is 13.7. The van der Waals surface area contributed by atoms with E-state index in [1.54, 1.807) is 0 Å². The van der Waals surface area contributed by atoms with Crippen LogP contribution in [0.15, 0.2) is 83.4 Å². The number of allylic oxidation sites excluding steroid dienone is 3. The monoisotopic (exact) mass is 544 g/mol. The molecule has 0 bridgehead atoms. The zero-order chi connectivity index (χ0) is 27.6. The van der Waals surface area contributed by atoms with Crippen LogP contribution in [0.1, 0.15) is 36.1 Å². The molecule has 8 heteroatoms. The summed E-state index contributed by atoms with van der Waals surface area (Å²) >= 11 is 0. The third kappa shape index (κ3) is 5.82. The van der Waals surface area contributed by atoms with Crippen LogP contribution in [0.3, 0.4) is 0 Å². The summed E-state index contributed by atoms with van der Waals surface area (Å²) in [4.78, 5) is 11.6. The first kappa shape index (κ1) is 26.8. The van der Waals surface area contributed by atoms with Crippen LogP contribution in [-0.4, -0.2) is 48.3 Å². The lowest BCUT2D eigenvalue weighted by Gasteiger charge is -2.23. The predicted molar refractivity (Wildman–Crippen MR) is 152 cm³/mol. The Morgan fingerprint density at radius 3 is 2.28 bits per heavy atom. The van der Waals surface area contributed by atoms with Crippen LogP contribution in [0.4, 0.5) is 0 Å². The van der Waals surface area contributed by atoms with E-state index >= 15 is 0 Å². The summed E-state index contributed by atoms with van der Waals surface area (Å²) in [5.74, 6) is 0.0244. The Morgan fingerprint density at radius 1 is 1.08 bits per heavy atom. The molecule has 2 aliphatic carbocycles. The van der Waals surface area contributed by atoms with E-state index in [2.05, 4.69) is 11.2 Å². The number of aromatic nitrogens is 1. The lowest BCUT2D eigenvalue weighted by Crippen LogP contribution is -2.34. The third-order valence-corrected chi connectivity index (χ3v) is 8.79. The molecule has 1 N–H and O–H groups in total. The highest BCUT2D eigenvalue weighted by Crippen LogP contribution is 2.48. The van der Waals surface area contributed by atoms with E-state index in [0.29, 0.717) is 25.1 Å². The van der Waals surface area contributed by atoms with E-state index in [0.717, 1.165) is 39.9 Å². The molecule has 0 amide bonds. The van der Waals surface area contributed by atoms with Crippen molar-refractivity contribution in [1.29, 1.82) is 0 Å². The normalized spacial score (nSPS) is 18.2. The molecule has 0 saturated heterocycles. The molecule has 0 radical (unpaired) electrons. The molecule has 1 unspecified atom stereocenters. The smallest absolute Gasteiger partial charge is 0.314 e. The van der Waals surface area contributed by atoms with Crippen LogP contribution in [0.25, 0.3) is 28.5 Å². The maximum absolute atomic E-state index is 12.4. The molecule has 0 spiro atoms. The van der Waals surface area contributed by atoms with Gasteiger partial charge in [-0.2, -0.15) is 4.31 Å². The van der Waals surface area contributed by atoms with Crippen LogP contribution in [0, 0.1) is 12.8 Å². The maximum atomic E-state index is 12.4. The quantitative estimate of drug-likeness (QED) is 0.344. The molecule has 1 fully saturated rings. The Hall–Kier alpha value is -3.75. The van der Waals surface area contributed by atoms with E-state index in [1.807, 2.05) is 85.8 Å². The molecular formula is C31H32N2O5S. The Bertz CT molecular complexity index is 1540. The largest absolute Gasteiger partial charge is 0.481 e. The number of hydrogen-bond acceptors (Lipinski definition) is 5. The van der Waals surface area contributed by atoms with Crippen molar-refractivity contribution in [2.24, 2.45) is 5.92 Å². The van der Waals surface area contributed by atoms with Crippen molar-refractivity contribution in [2.75, 3.05) is 19.3 Å². The number of carboxylic acids is 1. The molecule has 1 atom stereocenters. The van der Waals surface area contributed by atoms with Crippen molar-refractivity contribution in [3.05, 3.63) is 95.7 Å². The SMILES string of the molecule is Cc1noc(-c2ccc(-c3ccc(C4(C(=O)O)CC4)cc3)cc2)c1/C=C/CN(CC1C=CC=CC1)S(C)(=O)=O. The number of carboxylic acid groups (broad SMARTS) is 1. The van der Waals surface area contributed by atoms with Crippen LogP contribution in [0.5, 0.6) is 0 Å². The molecule has 39 heavy (non-hydrogen) atoms. The van der Waals surface area contributed by atoms with Gasteiger partial charge in [-0.3, -0.25) is 4.79 Å². The van der Waals surface area contributed by atoms with Crippen molar-refractivity contribution in [3.8, 4) is 22.5 Å². The summed E-state index contributed by atoms with van der Waals surface area (Å²) in [7, 11) is -3.36. The second kappa shape index (κ2) is 10.8. The third-order valence-electron chi connectivity index (χ3n) is 7.56. The standard InChI is InChI=1S/C31H32N2O5S/c1-22-28(9-6-20-33(39(2,36)37)21-23-7-4-3-5-8-23)29(38-32-22)26-12-10-24(11-13-26)25-14-16-27(17-15-25)31(18-19-31)30(34)35/h3-7,9-17,23H,8,18-21H2,1-2H3,(H,34,35)/b9-6+. The van der Waals surface area contributed by atoms with Gasteiger partial charge < -0.3 is 9.63 Å². The van der Waals surface area contributed by atoms with Gasteiger partial charge in [-0.15, -0.1) is 0 Å². The molecular weight excluding hydrogens is 512 g/mol. The van der Waals surface area contributed by atoms with Crippen LogP contribution >= 0.6 is 0 Å². The van der Waals surface area contributed by atoms with Gasteiger partial charge in [0.15, 0.2) is 5.76 Å². The minimum Gasteiger partial charge on any atom is -0.481 e. The van der Waals surface area contributed by atoms with Crippen LogP contribution < -0.4 is 0 Å². The van der Waals surface area contributed by atoms with Gasteiger partial charge in [0.05, 0.1) is 17.4 Å². The number of aryl methyl sites for hydroxylation is 1. The van der Waals surface area contributed by atoms with Gasteiger partial charge in [-0.05, 0) is 48.8 Å². The van der Waals surface area contributed by atoms with E-state index in [4.69, 9.17) is 4.52 Å². The number of sulfonamides is 1. The minimum absolute atomic E-state index is 0.160. The van der Waals surface area contributed by atoms with Gasteiger partial charge in [0.2, 0.25) is 10.0 Å². The average molecular weight is 545 g/mol. The molecule has 1 aromatic heterocycles. The first-order valence-electron chi connectivity index (χ1n) is 13.0. The molecule has 1 saturated carbocycles. The van der Waals surface area contributed by atoms with Crippen molar-refractivity contribution in [1.82, 2.24) is 9.46 Å². The second-order valence-corrected chi connectivity index (χ2v) is 12.3. The highest BCUT2D eigenvalue weighted by molar-refractivity contribution is 7.88. The number of rotatable bonds is 10. The fourth-order valence-electron chi connectivity index (χ4n) is 4.99. The molecule has 0 aliphatic heterocycles. The fourth-order valence-corrected chi connectivity index (χ4v) is 5.81. The van der Waals surface area contributed by atoms with E-state index in [9.17, 15) is 18.3 Å². The van der Waals surface area contributed by atoms with Gasteiger partial charge in [0.1, 0.15) is 0 Å². The maximum Gasteiger partial charge on any atom is 0.314 e. The number of benzene rings is 2. The van der Waals surface area contributed by atoms with E-state index in [1.165, 1.54) is 10.6 Å². The Morgan fingerprint density at radius 2 is 1.72 bits per heavy atom. The second-order valence-electron chi connectivity index (χ2n) is 10.3. The molecule has 2 aliphatic rings. The predicted octanol–water partition coefficient (Wildman–Crippen LogP) is 5.84. The number of nitrogens with zero attached hydrogens (tertiary/aromatic N) is 2. The van der Waals surface area contributed by atoms with Crippen molar-refractivity contribution in [3.63, 3.8) is 0 Å². The number of aliphatic carboxylic acids is 1. The fraction of sp³-hybridized carbons (Fsp3) is 0.290. The van der Waals surface area contributed by atoms with Crippen molar-refractivity contribution >= 4 is 22.1 Å². The summed E-state index contributed by atoms with van der Waals surface area (Å²) in [6.07, 6.45) is 15.2. The number of hydrogen-bond donors (Lipinski definition) is 1. The lowest BCUT2D eigenvalue weighted by atomic mass is 9.93. The van der Waals surface area contributed by atoms with Gasteiger partial charge in [-0.25, -0.2) is 8.42 Å². The summed E-state index contributed by atoms with van der Waals surface area (Å²) in [6.45, 7) is 2.55. The Kier molecular flexibility index (Phi) is 7.42. The first-order valence-corrected chi connectivity index (χ1v) is 14.9. The Balaban J connectivity index is 1.30. The molecule has 202 valence electrons. The molecule has 7 nitrogen and oxygen atoms in total. The van der Waals surface area contributed by atoms with Crippen LogP contribution in [-0.2, 0) is 20.2 Å². The molecule has 5 rings (SSSR count). The highest BCUT2D eigenvalue weighted by Gasteiger charge is 2.51. The van der Waals surface area contributed by atoms with E-state index in [-0.39, 0.29) is 12.5 Å². The van der Waals surface area contributed by atoms with Crippen molar-refractivity contribution < 1.29 is 22.8 Å². The van der Waals surface area contributed by atoms with Gasteiger partial charge in [-0.1, -0.05) is 90.1 Å². The molecule has 3 aromatic rings. The van der Waals surface area contributed by atoms with Gasteiger partial charge in [0, 0.05) is 24.2 Å². The molecule has 1 heterocycles. The Labute approximate surface area is 229 Å². The highest BCUT2D eigenvalue weighted by atomic mass is 32.2.